The Morgan fingerprint density at radius 3 is 2.64 bits per heavy atom. The van der Waals surface area contributed by atoms with Crippen LogP contribution in [0, 0.1) is 23.4 Å². The van der Waals surface area contributed by atoms with E-state index in [-0.39, 0.29) is 41.5 Å². The van der Waals surface area contributed by atoms with Gasteiger partial charge in [-0.25, -0.2) is 27.9 Å². The highest BCUT2D eigenvalue weighted by atomic mass is 19.1. The second kappa shape index (κ2) is 9.11. The molecule has 3 aromatic heterocycles. The first-order chi connectivity index (χ1) is 18.7. The number of halogens is 3. The summed E-state index contributed by atoms with van der Waals surface area (Å²) in [7, 11) is 1.50. The lowest BCUT2D eigenvalue weighted by Gasteiger charge is -2.20. The lowest BCUT2D eigenvalue weighted by atomic mass is 9.96. The van der Waals surface area contributed by atoms with Gasteiger partial charge < -0.3 is 19.6 Å². The minimum atomic E-state index is -1.59. The molecule has 0 saturated carbocycles. The summed E-state index contributed by atoms with van der Waals surface area (Å²) in [5.41, 5.74) is -0.847. The van der Waals surface area contributed by atoms with Crippen molar-refractivity contribution in [2.45, 2.75) is 6.10 Å². The van der Waals surface area contributed by atoms with Gasteiger partial charge >= 0.3 is 5.97 Å². The van der Waals surface area contributed by atoms with E-state index in [2.05, 4.69) is 15.1 Å². The van der Waals surface area contributed by atoms with Crippen LogP contribution in [0.15, 0.2) is 58.7 Å². The van der Waals surface area contributed by atoms with Crippen molar-refractivity contribution in [3.63, 3.8) is 0 Å². The second-order valence-electron chi connectivity index (χ2n) is 9.03. The average molecular weight is 537 g/mol. The molecule has 0 radical (unpaired) electrons. The number of ether oxygens (including phenoxy) is 1. The molecule has 2 unspecified atom stereocenters. The molecule has 2 atom stereocenters. The fraction of sp³-hybridized carbons (Fsp3) is 0.192. The highest BCUT2D eigenvalue weighted by Crippen LogP contribution is 2.34. The normalized spacial score (nSPS) is 18.2. The number of aromatic nitrogens is 3. The first-order valence-electron chi connectivity index (χ1n) is 11.7. The van der Waals surface area contributed by atoms with Gasteiger partial charge in [0.25, 0.3) is 0 Å². The number of rotatable bonds is 5. The maximum Gasteiger partial charge on any atom is 0.341 e. The molecule has 1 saturated heterocycles. The van der Waals surface area contributed by atoms with Gasteiger partial charge in [0.2, 0.25) is 11.3 Å². The summed E-state index contributed by atoms with van der Waals surface area (Å²) < 4.78 is 49.8. The van der Waals surface area contributed by atoms with Gasteiger partial charge in [-0.2, -0.15) is 0 Å². The zero-order chi connectivity index (χ0) is 27.4. The van der Waals surface area contributed by atoms with Crippen LogP contribution in [-0.2, 0) is 4.84 Å². The standard InChI is InChI=1S/C26H18F3N5O5/c1-38-21-5-2-12(8-30-21)22-15-9-33(11-20(15)39-32-22)25-18(29)7-14-23(35)16(26(36)37)10-34(24(14)31-25)19-4-3-13(27)6-17(19)28/h2-8,10,15,20H,9,11H2,1H3,(H,36,37). The average Bonchev–Trinajstić information content (AvgIpc) is 3.50. The van der Waals surface area contributed by atoms with Crippen LogP contribution in [0.3, 0.4) is 0 Å². The third kappa shape index (κ3) is 4.02. The van der Waals surface area contributed by atoms with Gasteiger partial charge in [-0.3, -0.25) is 9.36 Å². The van der Waals surface area contributed by atoms with E-state index in [1.54, 1.807) is 23.2 Å². The van der Waals surface area contributed by atoms with E-state index in [4.69, 9.17) is 9.57 Å². The number of oxime groups is 1. The number of methoxy groups -OCH3 is 1. The van der Waals surface area contributed by atoms with Crippen molar-refractivity contribution in [1.29, 1.82) is 0 Å². The van der Waals surface area contributed by atoms with E-state index >= 15 is 4.39 Å². The van der Waals surface area contributed by atoms with Crippen LogP contribution >= 0.6 is 0 Å². The Kier molecular flexibility index (Phi) is 5.70. The maximum absolute atomic E-state index is 15.4. The maximum atomic E-state index is 15.4. The number of fused-ring (bicyclic) bond motifs is 2. The van der Waals surface area contributed by atoms with Crippen LogP contribution in [0.1, 0.15) is 15.9 Å². The van der Waals surface area contributed by atoms with Gasteiger partial charge in [-0.1, -0.05) is 5.16 Å². The molecule has 4 aromatic rings. The largest absolute Gasteiger partial charge is 0.481 e. The summed E-state index contributed by atoms with van der Waals surface area (Å²) in [6.07, 6.45) is 2.07. The molecule has 6 rings (SSSR count). The SMILES string of the molecule is COc1ccc(C2=NOC3CN(c4nc5c(cc4F)c(=O)c(C(=O)O)cn5-c4ccc(F)cc4F)CC23)cn1. The highest BCUT2D eigenvalue weighted by molar-refractivity contribution is 6.03. The number of nitrogens with zero attached hydrogens (tertiary/aromatic N) is 5. The Balaban J connectivity index is 1.43. The zero-order valence-corrected chi connectivity index (χ0v) is 20.1. The fourth-order valence-corrected chi connectivity index (χ4v) is 4.88. The Morgan fingerprint density at radius 1 is 1.13 bits per heavy atom. The molecule has 0 bridgehead atoms. The molecule has 10 nitrogen and oxygen atoms in total. The van der Waals surface area contributed by atoms with E-state index in [9.17, 15) is 23.5 Å². The van der Waals surface area contributed by atoms with E-state index in [0.29, 0.717) is 23.2 Å². The van der Waals surface area contributed by atoms with Gasteiger partial charge in [0.15, 0.2) is 23.4 Å². The van der Waals surface area contributed by atoms with Gasteiger partial charge in [0.05, 0.1) is 36.4 Å². The number of hydrogen-bond donors (Lipinski definition) is 1. The topological polar surface area (TPSA) is 119 Å². The quantitative estimate of drug-likeness (QED) is 0.413. The monoisotopic (exact) mass is 537 g/mol. The summed E-state index contributed by atoms with van der Waals surface area (Å²) in [5, 5.41) is 13.3. The van der Waals surface area contributed by atoms with Gasteiger partial charge in [-0.05, 0) is 24.3 Å². The number of carboxylic acids is 1. The van der Waals surface area contributed by atoms with Crippen molar-refractivity contribution in [2.24, 2.45) is 11.1 Å². The lowest BCUT2D eigenvalue weighted by molar-refractivity contribution is 0.0695. The number of carbonyl (C=O) groups is 1. The van der Waals surface area contributed by atoms with E-state index in [1.807, 2.05) is 0 Å². The Morgan fingerprint density at radius 2 is 1.95 bits per heavy atom. The van der Waals surface area contributed by atoms with Crippen molar-refractivity contribution in [3.05, 3.63) is 87.6 Å². The minimum Gasteiger partial charge on any atom is -0.481 e. The minimum absolute atomic E-state index is 0.147. The molecule has 1 N–H and O–H groups in total. The molecule has 1 aromatic carbocycles. The Labute approximate surface area is 217 Å². The van der Waals surface area contributed by atoms with Crippen molar-refractivity contribution in [2.75, 3.05) is 25.1 Å². The Bertz CT molecular complexity index is 1740. The summed E-state index contributed by atoms with van der Waals surface area (Å²) >= 11 is 0. The molecular weight excluding hydrogens is 519 g/mol. The first-order valence-corrected chi connectivity index (χ1v) is 11.7. The summed E-state index contributed by atoms with van der Waals surface area (Å²) in [4.78, 5) is 40.3. The van der Waals surface area contributed by atoms with Crippen molar-refractivity contribution < 1.29 is 32.6 Å². The number of benzene rings is 1. The molecule has 5 heterocycles. The predicted molar refractivity (Wildman–Crippen MR) is 132 cm³/mol. The summed E-state index contributed by atoms with van der Waals surface area (Å²) in [6, 6.07) is 7.00. The second-order valence-corrected chi connectivity index (χ2v) is 9.03. The van der Waals surface area contributed by atoms with Crippen LogP contribution in [0.25, 0.3) is 16.7 Å². The molecule has 0 amide bonds. The summed E-state index contributed by atoms with van der Waals surface area (Å²) in [6.45, 7) is 0.465. The third-order valence-electron chi connectivity index (χ3n) is 6.76. The van der Waals surface area contributed by atoms with Crippen LogP contribution in [0.2, 0.25) is 0 Å². The number of anilines is 1. The van der Waals surface area contributed by atoms with Crippen molar-refractivity contribution >= 4 is 28.5 Å². The van der Waals surface area contributed by atoms with Crippen LogP contribution < -0.4 is 15.1 Å². The van der Waals surface area contributed by atoms with E-state index < -0.39 is 40.5 Å². The molecular formula is C26H18F3N5O5. The lowest BCUT2D eigenvalue weighted by Crippen LogP contribution is -2.26. The molecule has 0 aliphatic carbocycles. The fourth-order valence-electron chi connectivity index (χ4n) is 4.88. The van der Waals surface area contributed by atoms with Crippen LogP contribution in [0.5, 0.6) is 5.88 Å². The number of carboxylic acid groups (broad SMARTS) is 1. The molecule has 2 aliphatic rings. The summed E-state index contributed by atoms with van der Waals surface area (Å²) in [5.74, 6) is -4.31. The number of hydrogen-bond acceptors (Lipinski definition) is 8. The van der Waals surface area contributed by atoms with Gasteiger partial charge in [0.1, 0.15) is 17.2 Å². The smallest absolute Gasteiger partial charge is 0.341 e. The first kappa shape index (κ1) is 24.4. The number of aromatic carboxylic acids is 1. The van der Waals surface area contributed by atoms with Gasteiger partial charge in [0, 0.05) is 36.6 Å². The predicted octanol–water partition coefficient (Wildman–Crippen LogP) is 3.14. The molecule has 198 valence electrons. The third-order valence-corrected chi connectivity index (χ3v) is 6.76. The number of pyridine rings is 3. The van der Waals surface area contributed by atoms with Crippen LogP contribution in [-0.4, -0.2) is 57.6 Å². The molecule has 1 fully saturated rings. The van der Waals surface area contributed by atoms with Crippen molar-refractivity contribution in [3.8, 4) is 11.6 Å². The molecule has 39 heavy (non-hydrogen) atoms. The Hall–Kier alpha value is -4.94. The molecule has 2 aliphatic heterocycles. The zero-order valence-electron chi connectivity index (χ0n) is 20.1. The highest BCUT2D eigenvalue weighted by Gasteiger charge is 2.44. The molecule has 0 spiro atoms. The van der Waals surface area contributed by atoms with Crippen LogP contribution in [0.4, 0.5) is 19.0 Å². The van der Waals surface area contributed by atoms with E-state index in [1.165, 1.54) is 7.11 Å². The van der Waals surface area contributed by atoms with Gasteiger partial charge in [-0.15, -0.1) is 0 Å². The molecule has 13 heteroatoms. The van der Waals surface area contributed by atoms with Crippen molar-refractivity contribution in [1.82, 2.24) is 14.5 Å². The van der Waals surface area contributed by atoms with E-state index in [0.717, 1.165) is 29.0 Å².